The summed E-state index contributed by atoms with van der Waals surface area (Å²) < 4.78 is 0. The van der Waals surface area contributed by atoms with Gasteiger partial charge in [-0.05, 0) is 12.6 Å². The summed E-state index contributed by atoms with van der Waals surface area (Å²) in [5, 5.41) is 13.2. The van der Waals surface area contributed by atoms with Crippen molar-refractivity contribution in [3.63, 3.8) is 0 Å². The molecule has 0 spiro atoms. The molecule has 8 nitrogen and oxygen atoms in total. The first-order valence-electron chi connectivity index (χ1n) is 7.09. The Kier molecular flexibility index (Phi) is 5.05. The summed E-state index contributed by atoms with van der Waals surface area (Å²) in [5.41, 5.74) is -0.211. The molecule has 1 fully saturated rings. The molecule has 0 bridgehead atoms. The zero-order valence-corrected chi connectivity index (χ0v) is 12.3. The van der Waals surface area contributed by atoms with Crippen molar-refractivity contribution >= 4 is 23.2 Å². The summed E-state index contributed by atoms with van der Waals surface area (Å²) >= 11 is 0. The molecule has 0 aromatic heterocycles. The Morgan fingerprint density at radius 2 is 1.86 bits per heavy atom. The minimum atomic E-state index is -0.848. The average Bonchev–Trinajstić information content (AvgIpc) is 2.54. The van der Waals surface area contributed by atoms with E-state index in [4.69, 9.17) is 0 Å². The molecule has 1 aromatic carbocycles. The van der Waals surface area contributed by atoms with Crippen molar-refractivity contribution in [1.82, 2.24) is 9.80 Å². The van der Waals surface area contributed by atoms with Crippen LogP contribution in [0.3, 0.4) is 0 Å². The van der Waals surface area contributed by atoms with E-state index in [9.17, 15) is 19.7 Å². The highest BCUT2D eigenvalue weighted by molar-refractivity contribution is 6.39. The lowest BCUT2D eigenvalue weighted by atomic mass is 10.2. The third-order valence-corrected chi connectivity index (χ3v) is 3.65. The third kappa shape index (κ3) is 3.59. The highest BCUT2D eigenvalue weighted by atomic mass is 16.6. The number of amides is 2. The number of nitro benzene ring substituents is 1. The van der Waals surface area contributed by atoms with Gasteiger partial charge >= 0.3 is 11.8 Å². The van der Waals surface area contributed by atoms with Gasteiger partial charge in [-0.15, -0.1) is 0 Å². The Morgan fingerprint density at radius 3 is 2.45 bits per heavy atom. The number of anilines is 1. The average molecular weight is 306 g/mol. The van der Waals surface area contributed by atoms with E-state index in [1.807, 2.05) is 6.92 Å². The molecule has 0 atom stereocenters. The number of hydrogen-bond acceptors (Lipinski definition) is 5. The fourth-order valence-electron chi connectivity index (χ4n) is 2.33. The molecule has 1 N–H and O–H groups in total. The van der Waals surface area contributed by atoms with Gasteiger partial charge in [0.1, 0.15) is 5.69 Å². The maximum absolute atomic E-state index is 12.1. The number of piperazine rings is 1. The summed E-state index contributed by atoms with van der Waals surface area (Å²) in [6.07, 6.45) is 0. The van der Waals surface area contributed by atoms with Crippen LogP contribution in [-0.2, 0) is 9.59 Å². The van der Waals surface area contributed by atoms with Crippen LogP contribution >= 0.6 is 0 Å². The van der Waals surface area contributed by atoms with Gasteiger partial charge in [-0.3, -0.25) is 19.7 Å². The first-order chi connectivity index (χ1) is 10.5. The Bertz CT molecular complexity index is 582. The van der Waals surface area contributed by atoms with E-state index in [1.165, 1.54) is 23.1 Å². The number of nitro groups is 1. The van der Waals surface area contributed by atoms with Crippen LogP contribution in [0.5, 0.6) is 0 Å². The predicted molar refractivity (Wildman–Crippen MR) is 80.4 cm³/mol. The number of carbonyl (C=O) groups excluding carboxylic acids is 2. The summed E-state index contributed by atoms with van der Waals surface area (Å²) in [4.78, 5) is 38.1. The number of carbonyl (C=O) groups is 2. The Morgan fingerprint density at radius 1 is 1.23 bits per heavy atom. The minimum absolute atomic E-state index is 0.0260. The molecule has 1 aliphatic heterocycles. The molecule has 118 valence electrons. The molecule has 22 heavy (non-hydrogen) atoms. The van der Waals surface area contributed by atoms with E-state index in [0.29, 0.717) is 13.1 Å². The van der Waals surface area contributed by atoms with Gasteiger partial charge in [0.05, 0.1) is 4.92 Å². The molecule has 1 aliphatic rings. The zero-order valence-electron chi connectivity index (χ0n) is 12.3. The normalized spacial score (nSPS) is 15.4. The largest absolute Gasteiger partial charge is 0.332 e. The second kappa shape index (κ2) is 6.99. The van der Waals surface area contributed by atoms with Crippen molar-refractivity contribution in [2.45, 2.75) is 6.92 Å². The van der Waals surface area contributed by atoms with Crippen LogP contribution in [-0.4, -0.2) is 59.3 Å². The first kappa shape index (κ1) is 15.9. The second-order valence-electron chi connectivity index (χ2n) is 4.95. The molecular formula is C14H18N4O4. The van der Waals surface area contributed by atoms with E-state index in [1.54, 1.807) is 6.07 Å². The molecular weight excluding hydrogens is 288 g/mol. The quantitative estimate of drug-likeness (QED) is 0.504. The maximum Gasteiger partial charge on any atom is 0.314 e. The fourth-order valence-corrected chi connectivity index (χ4v) is 2.33. The van der Waals surface area contributed by atoms with Crippen LogP contribution in [0, 0.1) is 10.1 Å². The molecule has 2 rings (SSSR count). The van der Waals surface area contributed by atoms with Crippen molar-refractivity contribution in [3.8, 4) is 0 Å². The van der Waals surface area contributed by atoms with Gasteiger partial charge in [-0.25, -0.2) is 0 Å². The van der Waals surface area contributed by atoms with Crippen LogP contribution < -0.4 is 5.32 Å². The van der Waals surface area contributed by atoms with E-state index >= 15 is 0 Å². The SMILES string of the molecule is CCN1CCN(C(=O)C(=O)Nc2ccccc2[N+](=O)[O-])CC1. The second-order valence-corrected chi connectivity index (χ2v) is 4.95. The number of hydrogen-bond donors (Lipinski definition) is 1. The molecule has 0 radical (unpaired) electrons. The van der Waals surface area contributed by atoms with Gasteiger partial charge in [0.15, 0.2) is 0 Å². The monoisotopic (exact) mass is 306 g/mol. The molecule has 0 saturated carbocycles. The summed E-state index contributed by atoms with van der Waals surface area (Å²) in [6.45, 7) is 5.36. The molecule has 0 unspecified atom stereocenters. The first-order valence-corrected chi connectivity index (χ1v) is 7.09. The molecule has 1 saturated heterocycles. The lowest BCUT2D eigenvalue weighted by Gasteiger charge is -2.33. The van der Waals surface area contributed by atoms with Gasteiger partial charge in [0.2, 0.25) is 0 Å². The number of rotatable bonds is 3. The smallest absolute Gasteiger partial charge is 0.314 e. The van der Waals surface area contributed by atoms with Crippen LogP contribution in [0.1, 0.15) is 6.92 Å². The van der Waals surface area contributed by atoms with Crippen LogP contribution in [0.15, 0.2) is 24.3 Å². The molecule has 0 aliphatic carbocycles. The molecule has 1 aromatic rings. The fraction of sp³-hybridized carbons (Fsp3) is 0.429. The van der Waals surface area contributed by atoms with Crippen LogP contribution in [0.25, 0.3) is 0 Å². The topological polar surface area (TPSA) is 95.8 Å². The van der Waals surface area contributed by atoms with E-state index in [0.717, 1.165) is 19.6 Å². The summed E-state index contributed by atoms with van der Waals surface area (Å²) in [6, 6.07) is 5.74. The van der Waals surface area contributed by atoms with Gasteiger partial charge in [-0.1, -0.05) is 19.1 Å². The van der Waals surface area contributed by atoms with E-state index in [2.05, 4.69) is 10.2 Å². The third-order valence-electron chi connectivity index (χ3n) is 3.65. The predicted octanol–water partition coefficient (Wildman–Crippen LogP) is 0.697. The number of nitrogens with zero attached hydrogens (tertiary/aromatic N) is 3. The lowest BCUT2D eigenvalue weighted by molar-refractivity contribution is -0.383. The summed E-state index contributed by atoms with van der Waals surface area (Å²) in [7, 11) is 0. The minimum Gasteiger partial charge on any atom is -0.332 e. The molecule has 1 heterocycles. The van der Waals surface area contributed by atoms with Gasteiger partial charge < -0.3 is 15.1 Å². The number of para-hydroxylation sites is 2. The maximum atomic E-state index is 12.1. The highest BCUT2D eigenvalue weighted by Crippen LogP contribution is 2.23. The van der Waals surface area contributed by atoms with E-state index in [-0.39, 0.29) is 11.4 Å². The number of nitrogens with one attached hydrogen (secondary N) is 1. The van der Waals surface area contributed by atoms with Crippen LogP contribution in [0.2, 0.25) is 0 Å². The van der Waals surface area contributed by atoms with Crippen LogP contribution in [0.4, 0.5) is 11.4 Å². The van der Waals surface area contributed by atoms with Gasteiger partial charge in [0, 0.05) is 32.2 Å². The highest BCUT2D eigenvalue weighted by Gasteiger charge is 2.27. The Hall–Kier alpha value is -2.48. The van der Waals surface area contributed by atoms with Crippen molar-refractivity contribution in [2.24, 2.45) is 0 Å². The van der Waals surface area contributed by atoms with Gasteiger partial charge in [0.25, 0.3) is 5.69 Å². The zero-order chi connectivity index (χ0) is 16.1. The number of likely N-dealkylation sites (N-methyl/N-ethyl adjacent to an activating group) is 1. The van der Waals surface area contributed by atoms with Crippen molar-refractivity contribution in [2.75, 3.05) is 38.0 Å². The Labute approximate surface area is 127 Å². The Balaban J connectivity index is 2.01. The van der Waals surface area contributed by atoms with Crippen molar-refractivity contribution < 1.29 is 14.5 Å². The van der Waals surface area contributed by atoms with Gasteiger partial charge in [-0.2, -0.15) is 0 Å². The van der Waals surface area contributed by atoms with E-state index < -0.39 is 16.7 Å². The standard InChI is InChI=1S/C14H18N4O4/c1-2-16-7-9-17(10-8-16)14(20)13(19)15-11-5-3-4-6-12(11)18(21)22/h3-6H,2,7-10H2,1H3,(H,15,19). The number of benzene rings is 1. The molecule has 8 heteroatoms. The lowest BCUT2D eigenvalue weighted by Crippen LogP contribution is -2.51. The van der Waals surface area contributed by atoms with Crippen molar-refractivity contribution in [1.29, 1.82) is 0 Å². The molecule has 2 amide bonds. The van der Waals surface area contributed by atoms with Crippen molar-refractivity contribution in [3.05, 3.63) is 34.4 Å². The summed E-state index contributed by atoms with van der Waals surface area (Å²) in [5.74, 6) is -1.51.